The number of pyridine rings is 1. The van der Waals surface area contributed by atoms with Crippen LogP contribution in [0, 0.1) is 6.92 Å². The van der Waals surface area contributed by atoms with Gasteiger partial charge in [0.1, 0.15) is 5.84 Å². The van der Waals surface area contributed by atoms with Crippen LogP contribution in [-0.2, 0) is 10.3 Å². The average Bonchev–Trinajstić information content (AvgIpc) is 3.39. The third-order valence-corrected chi connectivity index (χ3v) is 7.60. The molecule has 1 N–H and O–H groups in total. The quantitative estimate of drug-likeness (QED) is 0.401. The van der Waals surface area contributed by atoms with Crippen LogP contribution in [0.15, 0.2) is 83.9 Å². The molecule has 5 nitrogen and oxygen atoms in total. The largest absolute Gasteiger partial charge is 0.378 e. The van der Waals surface area contributed by atoms with Gasteiger partial charge in [0, 0.05) is 24.0 Å². The topological polar surface area (TPSA) is 49.8 Å². The summed E-state index contributed by atoms with van der Waals surface area (Å²) in [6.07, 6.45) is 0.949. The highest BCUT2D eigenvalue weighted by Gasteiger charge is 2.38. The first-order valence-corrected chi connectivity index (χ1v) is 12.9. The molecule has 0 radical (unpaired) electrons. The van der Waals surface area contributed by atoms with E-state index < -0.39 is 0 Å². The fraction of sp³-hybridized carbons (Fsp3) is 0.290. The van der Waals surface area contributed by atoms with Crippen LogP contribution in [0.5, 0.6) is 0 Å². The van der Waals surface area contributed by atoms with Crippen LogP contribution < -0.4 is 10.2 Å². The molecule has 182 valence electrons. The maximum atomic E-state index is 5.74. The normalized spacial score (nSPS) is 19.8. The SMILES string of the molecule is CCC1(c2ccccc2)CN=C(c2c(N3CCOCC3)c(-c3ccccc3)nc3cccc(C)c23)N1. The number of ether oxygens (including phenoxy) is 1. The standard InChI is InChI=1S/C31H32N4O/c1-3-31(24-14-8-5-9-15-24)21-32-30(34-31)27-26-22(2)11-10-16-25(26)33-28(23-12-6-4-7-13-23)29(27)35-17-19-36-20-18-35/h4-16H,3,17-21H2,1-2H3,(H,32,34). The number of aromatic nitrogens is 1. The first kappa shape index (κ1) is 22.7. The highest BCUT2D eigenvalue weighted by Crippen LogP contribution is 2.41. The zero-order valence-electron chi connectivity index (χ0n) is 21.0. The molecule has 3 heterocycles. The Morgan fingerprint density at radius 2 is 1.64 bits per heavy atom. The molecule has 1 saturated heterocycles. The van der Waals surface area contributed by atoms with Gasteiger partial charge in [-0.05, 0) is 30.5 Å². The molecule has 1 aromatic heterocycles. The minimum absolute atomic E-state index is 0.218. The fourth-order valence-corrected chi connectivity index (χ4v) is 5.59. The van der Waals surface area contributed by atoms with Crippen LogP contribution in [0.3, 0.4) is 0 Å². The molecule has 2 aliphatic rings. The Balaban J connectivity index is 1.61. The lowest BCUT2D eigenvalue weighted by Crippen LogP contribution is -2.44. The van der Waals surface area contributed by atoms with Gasteiger partial charge in [-0.25, -0.2) is 4.98 Å². The molecule has 36 heavy (non-hydrogen) atoms. The first-order chi connectivity index (χ1) is 17.7. The van der Waals surface area contributed by atoms with Gasteiger partial charge >= 0.3 is 0 Å². The molecule has 4 aromatic rings. The number of amidine groups is 1. The summed E-state index contributed by atoms with van der Waals surface area (Å²) in [6, 6.07) is 27.7. The molecule has 0 saturated carbocycles. The fourth-order valence-electron chi connectivity index (χ4n) is 5.59. The summed E-state index contributed by atoms with van der Waals surface area (Å²) in [5.74, 6) is 0.959. The van der Waals surface area contributed by atoms with Crippen molar-refractivity contribution in [1.82, 2.24) is 10.3 Å². The van der Waals surface area contributed by atoms with Crippen LogP contribution in [0.4, 0.5) is 5.69 Å². The monoisotopic (exact) mass is 476 g/mol. The van der Waals surface area contributed by atoms with E-state index in [1.165, 1.54) is 16.5 Å². The van der Waals surface area contributed by atoms with E-state index in [-0.39, 0.29) is 5.54 Å². The molecule has 5 heteroatoms. The molecule has 0 spiro atoms. The van der Waals surface area contributed by atoms with Crippen molar-refractivity contribution in [2.24, 2.45) is 4.99 Å². The lowest BCUT2D eigenvalue weighted by molar-refractivity contribution is 0.122. The van der Waals surface area contributed by atoms with E-state index in [2.05, 4.69) is 103 Å². The lowest BCUT2D eigenvalue weighted by atomic mass is 9.87. The van der Waals surface area contributed by atoms with Gasteiger partial charge in [-0.15, -0.1) is 0 Å². The Morgan fingerprint density at radius 3 is 2.36 bits per heavy atom. The predicted octanol–water partition coefficient (Wildman–Crippen LogP) is 5.70. The Morgan fingerprint density at radius 1 is 0.917 bits per heavy atom. The van der Waals surface area contributed by atoms with Crippen molar-refractivity contribution in [3.8, 4) is 11.3 Å². The number of anilines is 1. The van der Waals surface area contributed by atoms with Gasteiger partial charge in [-0.2, -0.15) is 0 Å². The number of nitrogens with one attached hydrogen (secondary N) is 1. The second-order valence-electron chi connectivity index (χ2n) is 9.71. The summed E-state index contributed by atoms with van der Waals surface area (Å²) in [7, 11) is 0. The van der Waals surface area contributed by atoms with Crippen molar-refractivity contribution in [2.45, 2.75) is 25.8 Å². The smallest absolute Gasteiger partial charge is 0.132 e. The third-order valence-electron chi connectivity index (χ3n) is 7.60. The molecule has 0 aliphatic carbocycles. The predicted molar refractivity (Wildman–Crippen MR) is 148 cm³/mol. The minimum atomic E-state index is -0.218. The van der Waals surface area contributed by atoms with E-state index in [4.69, 9.17) is 14.7 Å². The van der Waals surface area contributed by atoms with Crippen LogP contribution in [0.1, 0.15) is 30.0 Å². The van der Waals surface area contributed by atoms with Gasteiger partial charge in [0.2, 0.25) is 0 Å². The van der Waals surface area contributed by atoms with Crippen molar-refractivity contribution in [3.63, 3.8) is 0 Å². The third kappa shape index (κ3) is 3.84. The van der Waals surface area contributed by atoms with E-state index in [0.29, 0.717) is 19.8 Å². The lowest BCUT2D eigenvalue weighted by Gasteiger charge is -2.34. The summed E-state index contributed by atoms with van der Waals surface area (Å²) in [5.41, 5.74) is 7.70. The summed E-state index contributed by atoms with van der Waals surface area (Å²) in [5, 5.41) is 5.10. The molecule has 0 amide bonds. The number of hydrogen-bond donors (Lipinski definition) is 1. The second-order valence-corrected chi connectivity index (χ2v) is 9.71. The van der Waals surface area contributed by atoms with Crippen LogP contribution in [0.25, 0.3) is 22.2 Å². The van der Waals surface area contributed by atoms with E-state index in [1.54, 1.807) is 0 Å². The summed E-state index contributed by atoms with van der Waals surface area (Å²) in [4.78, 5) is 12.9. The zero-order chi connectivity index (χ0) is 24.5. The Bertz CT molecular complexity index is 1410. The number of aryl methyl sites for hydroxylation is 1. The highest BCUT2D eigenvalue weighted by atomic mass is 16.5. The van der Waals surface area contributed by atoms with Gasteiger partial charge in [0.15, 0.2) is 0 Å². The molecule has 0 bridgehead atoms. The van der Waals surface area contributed by atoms with Crippen molar-refractivity contribution < 1.29 is 4.74 Å². The zero-order valence-corrected chi connectivity index (χ0v) is 21.0. The van der Waals surface area contributed by atoms with E-state index in [0.717, 1.165) is 53.4 Å². The van der Waals surface area contributed by atoms with E-state index in [1.807, 2.05) is 0 Å². The number of aliphatic imine (C=N–C) groups is 1. The van der Waals surface area contributed by atoms with Gasteiger partial charge in [-0.1, -0.05) is 79.7 Å². The molecular formula is C31H32N4O. The van der Waals surface area contributed by atoms with Crippen LogP contribution in [-0.4, -0.2) is 43.7 Å². The number of benzene rings is 3. The first-order valence-electron chi connectivity index (χ1n) is 12.9. The summed E-state index contributed by atoms with van der Waals surface area (Å²) in [6.45, 7) is 8.21. The van der Waals surface area contributed by atoms with Gasteiger partial charge < -0.3 is 15.0 Å². The Labute approximate surface area is 212 Å². The molecule has 1 atom stereocenters. The summed E-state index contributed by atoms with van der Waals surface area (Å²) < 4.78 is 5.74. The van der Waals surface area contributed by atoms with Crippen molar-refractivity contribution in [3.05, 3.63) is 95.6 Å². The number of fused-ring (bicyclic) bond motifs is 1. The molecule has 1 unspecified atom stereocenters. The Hall–Kier alpha value is -3.70. The van der Waals surface area contributed by atoms with Gasteiger partial charge in [0.25, 0.3) is 0 Å². The average molecular weight is 477 g/mol. The maximum absolute atomic E-state index is 5.74. The van der Waals surface area contributed by atoms with Crippen molar-refractivity contribution >= 4 is 22.4 Å². The van der Waals surface area contributed by atoms with Crippen molar-refractivity contribution in [2.75, 3.05) is 37.7 Å². The van der Waals surface area contributed by atoms with Gasteiger partial charge in [-0.3, -0.25) is 4.99 Å². The second kappa shape index (κ2) is 9.40. The number of rotatable bonds is 5. The maximum Gasteiger partial charge on any atom is 0.132 e. The van der Waals surface area contributed by atoms with Crippen LogP contribution >= 0.6 is 0 Å². The number of morpholine rings is 1. The molecular weight excluding hydrogens is 444 g/mol. The van der Waals surface area contributed by atoms with Gasteiger partial charge in [0.05, 0.1) is 47.8 Å². The summed E-state index contributed by atoms with van der Waals surface area (Å²) >= 11 is 0. The Kier molecular flexibility index (Phi) is 5.94. The van der Waals surface area contributed by atoms with E-state index in [9.17, 15) is 0 Å². The number of nitrogens with zero attached hydrogens (tertiary/aromatic N) is 3. The molecule has 1 fully saturated rings. The number of hydrogen-bond acceptors (Lipinski definition) is 5. The molecule has 3 aromatic carbocycles. The molecule has 6 rings (SSSR count). The van der Waals surface area contributed by atoms with Crippen molar-refractivity contribution in [1.29, 1.82) is 0 Å². The van der Waals surface area contributed by atoms with E-state index >= 15 is 0 Å². The van der Waals surface area contributed by atoms with Crippen LogP contribution in [0.2, 0.25) is 0 Å². The minimum Gasteiger partial charge on any atom is -0.378 e. The molecule has 2 aliphatic heterocycles. The highest BCUT2D eigenvalue weighted by molar-refractivity contribution is 6.17.